The summed E-state index contributed by atoms with van der Waals surface area (Å²) in [5, 5.41) is 6.69. The van der Waals surface area contributed by atoms with Crippen molar-refractivity contribution in [1.29, 1.82) is 0 Å². The fourth-order valence-corrected chi connectivity index (χ4v) is 2.47. The van der Waals surface area contributed by atoms with Gasteiger partial charge in [0.1, 0.15) is 0 Å². The molecule has 0 aromatic heterocycles. The summed E-state index contributed by atoms with van der Waals surface area (Å²) in [5.74, 6) is 0.904. The van der Waals surface area contributed by atoms with Gasteiger partial charge in [0.15, 0.2) is 5.96 Å². The van der Waals surface area contributed by atoms with Gasteiger partial charge >= 0.3 is 0 Å². The third kappa shape index (κ3) is 6.17. The first kappa shape index (κ1) is 15.8. The van der Waals surface area contributed by atoms with Gasteiger partial charge in [0.2, 0.25) is 0 Å². The Morgan fingerprint density at radius 2 is 2.14 bits per heavy atom. The van der Waals surface area contributed by atoms with E-state index in [0.717, 1.165) is 51.5 Å². The fourth-order valence-electron chi connectivity index (χ4n) is 2.47. The van der Waals surface area contributed by atoms with Gasteiger partial charge in [0.05, 0.1) is 12.6 Å². The zero-order valence-corrected chi connectivity index (χ0v) is 13.0. The van der Waals surface area contributed by atoms with Crippen LogP contribution in [-0.4, -0.2) is 38.3 Å². The molecule has 116 valence electrons. The van der Waals surface area contributed by atoms with Crippen LogP contribution in [0.2, 0.25) is 0 Å². The van der Waals surface area contributed by atoms with Crippen molar-refractivity contribution in [3.05, 3.63) is 35.9 Å². The summed E-state index contributed by atoms with van der Waals surface area (Å²) in [6.45, 7) is 5.56. The van der Waals surface area contributed by atoms with Crippen LogP contribution < -0.4 is 10.6 Å². The average Bonchev–Trinajstić information content (AvgIpc) is 3.03. The summed E-state index contributed by atoms with van der Waals surface area (Å²) < 4.78 is 5.60. The van der Waals surface area contributed by atoms with Crippen LogP contribution in [0.3, 0.4) is 0 Å². The Morgan fingerprint density at radius 1 is 1.29 bits per heavy atom. The number of ether oxygens (including phenoxy) is 1. The number of hydrogen-bond acceptors (Lipinski definition) is 2. The Kier molecular flexibility index (Phi) is 7.08. The van der Waals surface area contributed by atoms with E-state index in [0.29, 0.717) is 6.10 Å². The maximum absolute atomic E-state index is 5.60. The van der Waals surface area contributed by atoms with Crippen LogP contribution in [0.15, 0.2) is 35.3 Å². The largest absolute Gasteiger partial charge is 0.376 e. The summed E-state index contributed by atoms with van der Waals surface area (Å²) in [6.07, 6.45) is 4.82. The van der Waals surface area contributed by atoms with Crippen molar-refractivity contribution < 1.29 is 4.74 Å². The third-order valence-corrected chi connectivity index (χ3v) is 3.60. The summed E-state index contributed by atoms with van der Waals surface area (Å²) >= 11 is 0. The van der Waals surface area contributed by atoms with Crippen molar-refractivity contribution in [2.45, 2.75) is 38.7 Å². The van der Waals surface area contributed by atoms with Crippen molar-refractivity contribution in [2.24, 2.45) is 4.99 Å². The molecule has 0 amide bonds. The van der Waals surface area contributed by atoms with E-state index in [4.69, 9.17) is 4.74 Å². The van der Waals surface area contributed by atoms with Crippen molar-refractivity contribution in [1.82, 2.24) is 10.6 Å². The van der Waals surface area contributed by atoms with Crippen LogP contribution in [0.4, 0.5) is 0 Å². The molecule has 0 radical (unpaired) electrons. The van der Waals surface area contributed by atoms with Crippen molar-refractivity contribution in [3.63, 3.8) is 0 Å². The van der Waals surface area contributed by atoms with E-state index < -0.39 is 0 Å². The van der Waals surface area contributed by atoms with Gasteiger partial charge in [0.25, 0.3) is 0 Å². The molecule has 0 saturated carbocycles. The lowest BCUT2D eigenvalue weighted by molar-refractivity contribution is 0.117. The van der Waals surface area contributed by atoms with Crippen molar-refractivity contribution >= 4 is 5.96 Å². The Balaban J connectivity index is 1.68. The zero-order valence-electron chi connectivity index (χ0n) is 13.0. The first-order valence-electron chi connectivity index (χ1n) is 8.06. The molecule has 2 N–H and O–H groups in total. The molecule has 21 heavy (non-hydrogen) atoms. The Labute approximate surface area is 128 Å². The zero-order chi connectivity index (χ0) is 14.8. The Hall–Kier alpha value is -1.55. The normalized spacial score (nSPS) is 18.7. The smallest absolute Gasteiger partial charge is 0.191 e. The van der Waals surface area contributed by atoms with Gasteiger partial charge in [-0.3, -0.25) is 4.99 Å². The number of rotatable bonds is 7. The molecule has 1 unspecified atom stereocenters. The summed E-state index contributed by atoms with van der Waals surface area (Å²) in [4.78, 5) is 4.61. The van der Waals surface area contributed by atoms with Gasteiger partial charge in [-0.1, -0.05) is 30.3 Å². The predicted molar refractivity (Wildman–Crippen MR) is 87.7 cm³/mol. The van der Waals surface area contributed by atoms with Crippen LogP contribution in [0.5, 0.6) is 0 Å². The molecule has 4 nitrogen and oxygen atoms in total. The SMILES string of the molecule is CCNC(=NCC1CCCO1)NCCCc1ccccc1. The number of hydrogen-bond donors (Lipinski definition) is 2. The van der Waals surface area contributed by atoms with E-state index >= 15 is 0 Å². The standard InChI is InChI=1S/C17H27N3O/c1-2-18-17(20-14-16-11-7-13-21-16)19-12-6-10-15-8-4-3-5-9-15/h3-5,8-9,16H,2,6-7,10-14H2,1H3,(H2,18,19,20). The highest BCUT2D eigenvalue weighted by Gasteiger charge is 2.14. The molecule has 0 aliphatic carbocycles. The van der Waals surface area contributed by atoms with Gasteiger partial charge in [-0.2, -0.15) is 0 Å². The molecule has 0 spiro atoms. The van der Waals surface area contributed by atoms with E-state index in [-0.39, 0.29) is 0 Å². The number of nitrogens with zero attached hydrogens (tertiary/aromatic N) is 1. The maximum atomic E-state index is 5.60. The second-order valence-electron chi connectivity index (χ2n) is 5.37. The lowest BCUT2D eigenvalue weighted by Gasteiger charge is -2.12. The molecule has 2 rings (SSSR count). The Bertz CT molecular complexity index is 413. The molecule has 1 aliphatic heterocycles. The van der Waals surface area contributed by atoms with Gasteiger partial charge in [0, 0.05) is 19.7 Å². The van der Waals surface area contributed by atoms with Crippen LogP contribution in [0, 0.1) is 0 Å². The molecule has 1 saturated heterocycles. The first-order valence-corrected chi connectivity index (χ1v) is 8.06. The van der Waals surface area contributed by atoms with Gasteiger partial charge < -0.3 is 15.4 Å². The highest BCUT2D eigenvalue weighted by atomic mass is 16.5. The van der Waals surface area contributed by atoms with E-state index in [1.54, 1.807) is 0 Å². The molecule has 4 heteroatoms. The first-order chi connectivity index (χ1) is 10.4. The molecule has 1 fully saturated rings. The van der Waals surface area contributed by atoms with Crippen LogP contribution in [0.25, 0.3) is 0 Å². The number of nitrogens with one attached hydrogen (secondary N) is 2. The molecule has 1 heterocycles. The van der Waals surface area contributed by atoms with Gasteiger partial charge in [-0.05, 0) is 38.2 Å². The molecular formula is C17H27N3O. The highest BCUT2D eigenvalue weighted by Crippen LogP contribution is 2.11. The minimum Gasteiger partial charge on any atom is -0.376 e. The molecule has 1 atom stereocenters. The quantitative estimate of drug-likeness (QED) is 0.460. The van der Waals surface area contributed by atoms with Crippen LogP contribution in [0.1, 0.15) is 31.7 Å². The maximum Gasteiger partial charge on any atom is 0.191 e. The topological polar surface area (TPSA) is 45.7 Å². The van der Waals surface area contributed by atoms with Crippen molar-refractivity contribution in [3.8, 4) is 0 Å². The average molecular weight is 289 g/mol. The lowest BCUT2D eigenvalue weighted by atomic mass is 10.1. The predicted octanol–water partition coefficient (Wildman–Crippen LogP) is 2.35. The van der Waals surface area contributed by atoms with Crippen LogP contribution in [-0.2, 0) is 11.2 Å². The second-order valence-corrected chi connectivity index (χ2v) is 5.37. The van der Waals surface area contributed by atoms with E-state index in [2.05, 4.69) is 52.9 Å². The van der Waals surface area contributed by atoms with E-state index in [1.807, 2.05) is 0 Å². The molecule has 0 bridgehead atoms. The number of benzene rings is 1. The minimum absolute atomic E-state index is 0.310. The number of aliphatic imine (C=N–C) groups is 1. The van der Waals surface area contributed by atoms with Crippen molar-refractivity contribution in [2.75, 3.05) is 26.2 Å². The fraction of sp³-hybridized carbons (Fsp3) is 0.588. The molecular weight excluding hydrogens is 262 g/mol. The summed E-state index contributed by atoms with van der Waals surface area (Å²) in [7, 11) is 0. The number of guanidine groups is 1. The highest BCUT2D eigenvalue weighted by molar-refractivity contribution is 5.79. The monoisotopic (exact) mass is 289 g/mol. The molecule has 1 aromatic carbocycles. The second kappa shape index (κ2) is 9.40. The Morgan fingerprint density at radius 3 is 2.86 bits per heavy atom. The van der Waals surface area contributed by atoms with E-state index in [1.165, 1.54) is 12.0 Å². The van der Waals surface area contributed by atoms with Gasteiger partial charge in [-0.15, -0.1) is 0 Å². The molecule has 1 aliphatic rings. The molecule has 1 aromatic rings. The summed E-state index contributed by atoms with van der Waals surface area (Å²) in [5.41, 5.74) is 1.39. The van der Waals surface area contributed by atoms with Gasteiger partial charge in [-0.25, -0.2) is 0 Å². The third-order valence-electron chi connectivity index (χ3n) is 3.60. The summed E-state index contributed by atoms with van der Waals surface area (Å²) in [6, 6.07) is 10.6. The minimum atomic E-state index is 0.310. The van der Waals surface area contributed by atoms with Crippen LogP contribution >= 0.6 is 0 Å². The lowest BCUT2D eigenvalue weighted by Crippen LogP contribution is -2.38. The van der Waals surface area contributed by atoms with E-state index in [9.17, 15) is 0 Å². The number of aryl methyl sites for hydroxylation is 1.